The zero-order chi connectivity index (χ0) is 13.9. The molecule has 0 radical (unpaired) electrons. The van der Waals surface area contributed by atoms with Gasteiger partial charge in [0.2, 0.25) is 0 Å². The summed E-state index contributed by atoms with van der Waals surface area (Å²) in [6.45, 7) is 6.78. The smallest absolute Gasteiger partial charge is 0.276 e. The number of rotatable bonds is 5. The van der Waals surface area contributed by atoms with E-state index in [1.54, 1.807) is 19.9 Å². The highest BCUT2D eigenvalue weighted by Gasteiger charge is 2.16. The van der Waals surface area contributed by atoms with Gasteiger partial charge in [-0.15, -0.1) is 0 Å². The van der Waals surface area contributed by atoms with E-state index >= 15 is 0 Å². The van der Waals surface area contributed by atoms with Crippen molar-refractivity contribution in [1.29, 1.82) is 0 Å². The monoisotopic (exact) mass is 251 g/mol. The molecule has 1 aromatic rings. The molecule has 0 aromatic heterocycles. The van der Waals surface area contributed by atoms with Crippen LogP contribution in [0.3, 0.4) is 0 Å². The van der Waals surface area contributed by atoms with Gasteiger partial charge in [-0.3, -0.25) is 14.9 Å². The van der Waals surface area contributed by atoms with Crippen LogP contribution >= 0.6 is 0 Å². The Kier molecular flexibility index (Phi) is 4.42. The summed E-state index contributed by atoms with van der Waals surface area (Å²) in [4.78, 5) is 21.4. The van der Waals surface area contributed by atoms with E-state index in [0.717, 1.165) is 5.56 Å². The fraction of sp³-hybridized carbons (Fsp3) is 0.462. The summed E-state index contributed by atoms with van der Waals surface area (Å²) < 4.78 is 5.58. The average molecular weight is 251 g/mol. The van der Waals surface area contributed by atoms with Gasteiger partial charge in [-0.05, 0) is 39.3 Å². The Labute approximate surface area is 106 Å². The van der Waals surface area contributed by atoms with Crippen LogP contribution in [-0.2, 0) is 4.79 Å². The van der Waals surface area contributed by atoms with Crippen molar-refractivity contribution < 1.29 is 14.5 Å². The molecule has 18 heavy (non-hydrogen) atoms. The fourth-order valence-electron chi connectivity index (χ4n) is 1.81. The van der Waals surface area contributed by atoms with Crippen LogP contribution in [0.1, 0.15) is 31.4 Å². The molecular weight excluding hydrogens is 234 g/mol. The van der Waals surface area contributed by atoms with E-state index in [2.05, 4.69) is 0 Å². The van der Waals surface area contributed by atoms with Gasteiger partial charge >= 0.3 is 0 Å². The van der Waals surface area contributed by atoms with Gasteiger partial charge in [-0.25, -0.2) is 0 Å². The first kappa shape index (κ1) is 14.2. The number of aryl methyl sites for hydroxylation is 2. The first-order chi connectivity index (χ1) is 8.31. The molecule has 0 saturated heterocycles. The van der Waals surface area contributed by atoms with Crippen LogP contribution in [-0.4, -0.2) is 16.8 Å². The molecule has 98 valence electrons. The predicted molar refractivity (Wildman–Crippen MR) is 68.0 cm³/mol. The molecule has 1 unspecified atom stereocenters. The minimum atomic E-state index is -0.433. The zero-order valence-corrected chi connectivity index (χ0v) is 11.0. The number of Topliss-reactive ketones (excluding diaryl/α,β-unsaturated/α-hetero) is 1. The van der Waals surface area contributed by atoms with Crippen LogP contribution < -0.4 is 4.74 Å². The van der Waals surface area contributed by atoms with Gasteiger partial charge in [-0.1, -0.05) is 0 Å². The summed E-state index contributed by atoms with van der Waals surface area (Å²) in [7, 11) is 0. The number of ether oxygens (including phenoxy) is 1. The summed E-state index contributed by atoms with van der Waals surface area (Å²) in [5.74, 6) is 0.489. The normalized spacial score (nSPS) is 12.0. The first-order valence-corrected chi connectivity index (χ1v) is 5.73. The summed E-state index contributed by atoms with van der Waals surface area (Å²) >= 11 is 0. The number of nitro benzene ring substituents is 1. The highest BCUT2D eigenvalue weighted by Crippen LogP contribution is 2.29. The Balaban J connectivity index is 2.98. The van der Waals surface area contributed by atoms with Gasteiger partial charge in [-0.2, -0.15) is 0 Å². The Morgan fingerprint density at radius 3 is 2.50 bits per heavy atom. The van der Waals surface area contributed by atoms with Gasteiger partial charge in [0, 0.05) is 12.0 Å². The minimum Gasteiger partial charge on any atom is -0.490 e. The van der Waals surface area contributed by atoms with Crippen LogP contribution in [0.15, 0.2) is 12.1 Å². The van der Waals surface area contributed by atoms with E-state index in [1.807, 2.05) is 6.92 Å². The maximum atomic E-state index is 11.0. The highest BCUT2D eigenvalue weighted by atomic mass is 16.6. The van der Waals surface area contributed by atoms with Crippen LogP contribution in [0.4, 0.5) is 5.69 Å². The fourth-order valence-corrected chi connectivity index (χ4v) is 1.81. The lowest BCUT2D eigenvalue weighted by Crippen LogP contribution is -2.16. The molecule has 0 heterocycles. The molecule has 1 rings (SSSR count). The molecule has 1 atom stereocenters. The van der Waals surface area contributed by atoms with E-state index in [-0.39, 0.29) is 17.6 Å². The number of carbonyl (C=O) groups is 1. The van der Waals surface area contributed by atoms with Gasteiger partial charge in [0.05, 0.1) is 11.0 Å². The Morgan fingerprint density at radius 2 is 2.00 bits per heavy atom. The average Bonchev–Trinajstić information content (AvgIpc) is 2.20. The Morgan fingerprint density at radius 1 is 1.39 bits per heavy atom. The third kappa shape index (κ3) is 3.55. The molecule has 5 nitrogen and oxygen atoms in total. The highest BCUT2D eigenvalue weighted by molar-refractivity contribution is 5.75. The molecule has 0 amide bonds. The molecule has 0 N–H and O–H groups in total. The second-order valence-electron chi connectivity index (χ2n) is 4.50. The van der Waals surface area contributed by atoms with Crippen molar-refractivity contribution in [2.45, 2.75) is 40.2 Å². The van der Waals surface area contributed by atoms with Crippen molar-refractivity contribution in [3.05, 3.63) is 33.4 Å². The maximum absolute atomic E-state index is 11.0. The molecule has 1 aromatic carbocycles. The Hall–Kier alpha value is -1.91. The molecule has 0 aliphatic rings. The van der Waals surface area contributed by atoms with E-state index in [4.69, 9.17) is 4.74 Å². The lowest BCUT2D eigenvalue weighted by Gasteiger charge is -2.15. The SMILES string of the molecule is CC(=O)CC(C)Oc1cc([N+](=O)[O-])c(C)cc1C. The van der Waals surface area contributed by atoms with E-state index in [1.165, 1.54) is 13.0 Å². The summed E-state index contributed by atoms with van der Waals surface area (Å²) in [5.41, 5.74) is 1.46. The zero-order valence-electron chi connectivity index (χ0n) is 11.0. The first-order valence-electron chi connectivity index (χ1n) is 5.73. The van der Waals surface area contributed by atoms with E-state index in [0.29, 0.717) is 17.7 Å². The lowest BCUT2D eigenvalue weighted by atomic mass is 10.1. The van der Waals surface area contributed by atoms with Crippen molar-refractivity contribution in [3.8, 4) is 5.75 Å². The number of nitrogens with zero attached hydrogens (tertiary/aromatic N) is 1. The number of hydrogen-bond donors (Lipinski definition) is 0. The number of carbonyl (C=O) groups excluding carboxylic acids is 1. The molecule has 0 bridgehead atoms. The second kappa shape index (κ2) is 5.62. The number of nitro groups is 1. The van der Waals surface area contributed by atoms with Crippen molar-refractivity contribution in [2.24, 2.45) is 0 Å². The molecular formula is C13H17NO4. The van der Waals surface area contributed by atoms with E-state index in [9.17, 15) is 14.9 Å². The predicted octanol–water partition coefficient (Wildman–Crippen LogP) is 2.96. The quantitative estimate of drug-likeness (QED) is 0.596. The van der Waals surface area contributed by atoms with E-state index < -0.39 is 4.92 Å². The molecule has 0 aliphatic carbocycles. The van der Waals surface area contributed by atoms with Gasteiger partial charge in [0.15, 0.2) is 0 Å². The minimum absolute atomic E-state index is 0.0294. The van der Waals surface area contributed by atoms with Crippen LogP contribution in [0.2, 0.25) is 0 Å². The Bertz CT molecular complexity index is 482. The lowest BCUT2D eigenvalue weighted by molar-refractivity contribution is -0.385. The van der Waals surface area contributed by atoms with Crippen molar-refractivity contribution in [2.75, 3.05) is 0 Å². The summed E-state index contributed by atoms with van der Waals surface area (Å²) in [5, 5.41) is 10.8. The van der Waals surface area contributed by atoms with Gasteiger partial charge in [0.25, 0.3) is 5.69 Å². The summed E-state index contributed by atoms with van der Waals surface area (Å²) in [6.07, 6.45) is 0.00436. The maximum Gasteiger partial charge on any atom is 0.276 e. The van der Waals surface area contributed by atoms with Gasteiger partial charge in [0.1, 0.15) is 17.6 Å². The molecule has 0 spiro atoms. The number of ketones is 1. The molecule has 5 heteroatoms. The van der Waals surface area contributed by atoms with Crippen LogP contribution in [0.25, 0.3) is 0 Å². The topological polar surface area (TPSA) is 69.4 Å². The summed E-state index contributed by atoms with van der Waals surface area (Å²) in [6, 6.07) is 3.13. The molecule has 0 saturated carbocycles. The number of benzene rings is 1. The third-order valence-corrected chi connectivity index (χ3v) is 2.59. The standard InChI is InChI=1S/C13H17NO4/c1-8-5-9(2)13(7-12(8)14(16)17)18-11(4)6-10(3)15/h5,7,11H,6H2,1-4H3. The molecule has 0 fully saturated rings. The van der Waals surface area contributed by atoms with Gasteiger partial charge < -0.3 is 4.74 Å². The third-order valence-electron chi connectivity index (χ3n) is 2.59. The second-order valence-corrected chi connectivity index (χ2v) is 4.50. The van der Waals surface area contributed by atoms with Crippen molar-refractivity contribution >= 4 is 11.5 Å². The number of hydrogen-bond acceptors (Lipinski definition) is 4. The molecule has 0 aliphatic heterocycles. The van der Waals surface area contributed by atoms with Crippen molar-refractivity contribution in [3.63, 3.8) is 0 Å². The van der Waals surface area contributed by atoms with Crippen molar-refractivity contribution in [1.82, 2.24) is 0 Å². The van der Waals surface area contributed by atoms with Crippen LogP contribution in [0.5, 0.6) is 5.75 Å². The van der Waals surface area contributed by atoms with Crippen LogP contribution in [0, 0.1) is 24.0 Å². The largest absolute Gasteiger partial charge is 0.490 e.